The molecule has 0 aliphatic carbocycles. The van der Waals surface area contributed by atoms with E-state index in [1.807, 2.05) is 30.6 Å². The van der Waals surface area contributed by atoms with Crippen LogP contribution in [-0.2, 0) is 13.1 Å². The fourth-order valence-electron chi connectivity index (χ4n) is 4.96. The van der Waals surface area contributed by atoms with Gasteiger partial charge in [-0.1, -0.05) is 6.07 Å². The second-order valence-corrected chi connectivity index (χ2v) is 7.86. The average Bonchev–Trinajstić information content (AvgIpc) is 3.15. The van der Waals surface area contributed by atoms with Gasteiger partial charge in [0.1, 0.15) is 0 Å². The van der Waals surface area contributed by atoms with E-state index in [1.54, 1.807) is 0 Å². The molecule has 5 nitrogen and oxygen atoms in total. The number of hydrogen-bond acceptors (Lipinski definition) is 4. The number of pyridine rings is 2. The van der Waals surface area contributed by atoms with Crippen LogP contribution in [0.4, 0.5) is 0 Å². The van der Waals surface area contributed by atoms with Crippen LogP contribution < -0.4 is 0 Å². The van der Waals surface area contributed by atoms with Crippen LogP contribution in [0, 0.1) is 0 Å². The summed E-state index contributed by atoms with van der Waals surface area (Å²) in [5.74, 6) is 0. The molecule has 2 fully saturated rings. The van der Waals surface area contributed by atoms with E-state index in [4.69, 9.17) is 0 Å². The molecule has 2 aliphatic heterocycles. The molecule has 0 radical (unpaired) electrons. The lowest BCUT2D eigenvalue weighted by Gasteiger charge is -2.44. The van der Waals surface area contributed by atoms with Crippen molar-refractivity contribution < 1.29 is 5.11 Å². The number of aromatic nitrogens is 3. The predicted molar refractivity (Wildman–Crippen MR) is 101 cm³/mol. The number of fused-ring (bicyclic) bond motifs is 3. The van der Waals surface area contributed by atoms with Gasteiger partial charge in [-0.15, -0.1) is 0 Å². The van der Waals surface area contributed by atoms with Gasteiger partial charge in [0, 0.05) is 37.2 Å². The molecule has 1 unspecified atom stereocenters. The Kier molecular flexibility index (Phi) is 3.80. The highest BCUT2D eigenvalue weighted by atomic mass is 16.3. The predicted octanol–water partition coefficient (Wildman–Crippen LogP) is 2.99. The van der Waals surface area contributed by atoms with E-state index in [0.29, 0.717) is 18.6 Å². The maximum Gasteiger partial charge on any atom is 0.0880 e. The minimum atomic E-state index is -0.645. The second kappa shape index (κ2) is 6.18. The molecule has 3 atom stereocenters. The molecule has 2 saturated heterocycles. The number of piperidine rings is 1. The van der Waals surface area contributed by atoms with Crippen LogP contribution in [0.2, 0.25) is 0 Å². The summed E-state index contributed by atoms with van der Waals surface area (Å²) in [5.41, 5.74) is 2.57. The first-order chi connectivity index (χ1) is 12.7. The molecule has 3 aromatic rings. The van der Waals surface area contributed by atoms with E-state index in [-0.39, 0.29) is 0 Å². The first-order valence-electron chi connectivity index (χ1n) is 9.48. The monoisotopic (exact) mass is 348 g/mol. The Bertz CT molecular complexity index is 893. The molecule has 0 spiro atoms. The van der Waals surface area contributed by atoms with Gasteiger partial charge in [-0.05, 0) is 56.0 Å². The fourth-order valence-corrected chi connectivity index (χ4v) is 4.96. The topological polar surface area (TPSA) is 54.2 Å². The van der Waals surface area contributed by atoms with Crippen LogP contribution in [0.3, 0.4) is 0 Å². The minimum Gasteiger partial charge on any atom is -0.388 e. The smallest absolute Gasteiger partial charge is 0.0880 e. The molecular weight excluding hydrogens is 324 g/mol. The third-order valence-corrected chi connectivity index (χ3v) is 6.08. The van der Waals surface area contributed by atoms with Gasteiger partial charge in [0.05, 0.1) is 28.9 Å². The molecule has 5 rings (SSSR count). The first kappa shape index (κ1) is 16.0. The highest BCUT2D eigenvalue weighted by Crippen LogP contribution is 2.42. The lowest BCUT2D eigenvalue weighted by molar-refractivity contribution is -0.0647. The third kappa shape index (κ3) is 2.81. The number of nitrogens with zero attached hydrogens (tertiary/aromatic N) is 4. The van der Waals surface area contributed by atoms with Crippen molar-refractivity contribution in [1.82, 2.24) is 19.4 Å². The quantitative estimate of drug-likeness (QED) is 0.787. The van der Waals surface area contributed by atoms with Gasteiger partial charge in [0.25, 0.3) is 0 Å². The molecule has 5 heterocycles. The normalized spacial score (nSPS) is 28.7. The maximum atomic E-state index is 11.4. The summed E-state index contributed by atoms with van der Waals surface area (Å²) in [5, 5.41) is 11.4. The van der Waals surface area contributed by atoms with Crippen LogP contribution in [0.5, 0.6) is 0 Å². The van der Waals surface area contributed by atoms with E-state index in [9.17, 15) is 5.11 Å². The Morgan fingerprint density at radius 2 is 1.81 bits per heavy atom. The summed E-state index contributed by atoms with van der Waals surface area (Å²) in [4.78, 5) is 11.4. The molecular formula is C21H24N4O. The Morgan fingerprint density at radius 3 is 2.58 bits per heavy atom. The number of rotatable bonds is 4. The van der Waals surface area contributed by atoms with Crippen LogP contribution >= 0.6 is 0 Å². The van der Waals surface area contributed by atoms with E-state index >= 15 is 0 Å². The summed E-state index contributed by atoms with van der Waals surface area (Å²) in [7, 11) is 0. The zero-order valence-electron chi connectivity index (χ0n) is 14.8. The van der Waals surface area contributed by atoms with Crippen LogP contribution in [0.15, 0.2) is 55.0 Å². The highest BCUT2D eigenvalue weighted by Gasteiger charge is 2.47. The van der Waals surface area contributed by atoms with Gasteiger partial charge >= 0.3 is 0 Å². The minimum absolute atomic E-state index is 0.445. The number of aliphatic hydroxyl groups is 1. The van der Waals surface area contributed by atoms with E-state index in [1.165, 1.54) is 12.8 Å². The van der Waals surface area contributed by atoms with Gasteiger partial charge in [-0.3, -0.25) is 14.9 Å². The van der Waals surface area contributed by atoms with Gasteiger partial charge in [-0.25, -0.2) is 0 Å². The maximum absolute atomic E-state index is 11.4. The van der Waals surface area contributed by atoms with Crippen LogP contribution in [0.1, 0.15) is 31.4 Å². The van der Waals surface area contributed by atoms with Crippen LogP contribution in [-0.4, -0.2) is 42.2 Å². The first-order valence-corrected chi connectivity index (χ1v) is 9.48. The molecule has 0 saturated carbocycles. The summed E-state index contributed by atoms with van der Waals surface area (Å²) in [6.45, 7) is 1.54. The third-order valence-electron chi connectivity index (χ3n) is 6.08. The molecule has 5 heteroatoms. The zero-order chi connectivity index (χ0) is 17.6. The van der Waals surface area contributed by atoms with Crippen LogP contribution in [0.25, 0.3) is 11.0 Å². The Balaban J connectivity index is 1.35. The Hall–Kier alpha value is -2.24. The van der Waals surface area contributed by atoms with Crippen molar-refractivity contribution in [1.29, 1.82) is 0 Å². The van der Waals surface area contributed by atoms with Gasteiger partial charge in [0.15, 0.2) is 0 Å². The van der Waals surface area contributed by atoms with Crippen molar-refractivity contribution in [2.75, 3.05) is 0 Å². The fraction of sp³-hybridized carbons (Fsp3) is 0.429. The van der Waals surface area contributed by atoms with E-state index in [0.717, 1.165) is 36.1 Å². The standard InChI is InChI=1S/C21H24N4O/c26-21(15-24-11-8-19-20(24)5-3-10-23-19)12-17-6-7-18(13-21)25(17)14-16-4-1-2-9-22-16/h1-5,8-11,17-18,26H,6-7,12-15H2/t17-,18+,21?. The lowest BCUT2D eigenvalue weighted by atomic mass is 9.85. The van der Waals surface area contributed by atoms with Crippen molar-refractivity contribution in [3.05, 3.63) is 60.7 Å². The molecule has 0 amide bonds. The average molecular weight is 348 g/mol. The molecule has 134 valence electrons. The van der Waals surface area contributed by atoms with Crippen molar-refractivity contribution in [2.45, 2.75) is 56.5 Å². The second-order valence-electron chi connectivity index (χ2n) is 7.86. The molecule has 2 bridgehead atoms. The highest BCUT2D eigenvalue weighted by molar-refractivity contribution is 5.75. The van der Waals surface area contributed by atoms with Gasteiger partial charge < -0.3 is 9.67 Å². The van der Waals surface area contributed by atoms with E-state index in [2.05, 4.69) is 43.8 Å². The number of hydrogen-bond donors (Lipinski definition) is 1. The molecule has 1 N–H and O–H groups in total. The molecule has 2 aliphatic rings. The SMILES string of the molecule is OC1(Cn2ccc3ncccc32)C[C@H]2CC[C@@H](C1)N2Cc1ccccn1. The Morgan fingerprint density at radius 1 is 1.00 bits per heavy atom. The molecule has 26 heavy (non-hydrogen) atoms. The molecule has 3 aromatic heterocycles. The largest absolute Gasteiger partial charge is 0.388 e. The summed E-state index contributed by atoms with van der Waals surface area (Å²) in [6, 6.07) is 13.1. The lowest BCUT2D eigenvalue weighted by Crippen LogP contribution is -2.52. The zero-order valence-corrected chi connectivity index (χ0v) is 14.8. The van der Waals surface area contributed by atoms with Crippen molar-refractivity contribution in [3.63, 3.8) is 0 Å². The van der Waals surface area contributed by atoms with E-state index < -0.39 is 5.60 Å². The van der Waals surface area contributed by atoms with Gasteiger partial charge in [-0.2, -0.15) is 0 Å². The Labute approximate surface area is 153 Å². The summed E-state index contributed by atoms with van der Waals surface area (Å²) >= 11 is 0. The van der Waals surface area contributed by atoms with Crippen molar-refractivity contribution >= 4 is 11.0 Å². The van der Waals surface area contributed by atoms with Crippen molar-refractivity contribution in [2.24, 2.45) is 0 Å². The van der Waals surface area contributed by atoms with Crippen molar-refractivity contribution in [3.8, 4) is 0 Å². The summed E-state index contributed by atoms with van der Waals surface area (Å²) < 4.78 is 2.16. The molecule has 0 aromatic carbocycles. The summed E-state index contributed by atoms with van der Waals surface area (Å²) in [6.07, 6.45) is 9.74. The van der Waals surface area contributed by atoms with Gasteiger partial charge in [0.2, 0.25) is 0 Å².